The van der Waals surface area contributed by atoms with Crippen molar-refractivity contribution in [2.24, 2.45) is 0 Å². The molecule has 0 aliphatic rings. The molecule has 1 aromatic carbocycles. The molecule has 3 rings (SSSR count). The van der Waals surface area contributed by atoms with Crippen LogP contribution < -0.4 is 5.56 Å². The van der Waals surface area contributed by atoms with Crippen LogP contribution in [0.3, 0.4) is 0 Å². The molecule has 0 spiro atoms. The van der Waals surface area contributed by atoms with Gasteiger partial charge in [0, 0.05) is 43.3 Å². The Morgan fingerprint density at radius 1 is 1.05 bits per heavy atom. The predicted molar refractivity (Wildman–Crippen MR) is 131 cm³/mol. The monoisotopic (exact) mass is 593 g/mol. The van der Waals surface area contributed by atoms with Crippen LogP contribution in [-0.2, 0) is 12.4 Å². The van der Waals surface area contributed by atoms with Crippen LogP contribution in [0.1, 0.15) is 53.2 Å². The summed E-state index contributed by atoms with van der Waals surface area (Å²) in [7, 11) is 1.67. The molecule has 0 bridgehead atoms. The Balaban J connectivity index is 0.000000408. The lowest BCUT2D eigenvalue weighted by Gasteiger charge is -2.15. The fourth-order valence-electron chi connectivity index (χ4n) is 3.28. The summed E-state index contributed by atoms with van der Waals surface area (Å²) in [5.74, 6) is -3.25. The highest BCUT2D eigenvalue weighted by Crippen LogP contribution is 2.32. The number of unbranched alkanes of at least 4 members (excludes halogenated alkanes) is 2. The number of benzene rings is 1. The summed E-state index contributed by atoms with van der Waals surface area (Å²) in [5, 5.41) is 13.2. The van der Waals surface area contributed by atoms with Gasteiger partial charge in [0.2, 0.25) is 0 Å². The van der Waals surface area contributed by atoms with E-state index in [0.29, 0.717) is 31.4 Å². The summed E-state index contributed by atoms with van der Waals surface area (Å²) in [6, 6.07) is 1.83. The number of carbonyl (C=O) groups excluding carboxylic acids is 1. The first-order valence-electron chi connectivity index (χ1n) is 11.7. The molecule has 41 heavy (non-hydrogen) atoms. The number of halogens is 8. The third kappa shape index (κ3) is 9.08. The van der Waals surface area contributed by atoms with E-state index >= 15 is 0 Å². The van der Waals surface area contributed by atoms with Crippen molar-refractivity contribution in [2.75, 3.05) is 13.6 Å². The van der Waals surface area contributed by atoms with Gasteiger partial charge in [-0.05, 0) is 18.6 Å². The van der Waals surface area contributed by atoms with E-state index in [1.807, 2.05) is 6.92 Å². The molecule has 222 valence electrons. The number of hydrogen-bond donors (Lipinski definition) is 2. The molecule has 2 heterocycles. The van der Waals surface area contributed by atoms with Crippen LogP contribution in [0.4, 0.5) is 35.1 Å². The Kier molecular flexibility index (Phi) is 11.1. The first-order valence-corrected chi connectivity index (χ1v) is 11.7. The Morgan fingerprint density at radius 2 is 1.68 bits per heavy atom. The van der Waals surface area contributed by atoms with Crippen LogP contribution in [0.2, 0.25) is 0 Å². The Labute approximate surface area is 227 Å². The van der Waals surface area contributed by atoms with Gasteiger partial charge in [-0.1, -0.05) is 19.8 Å². The Bertz CT molecular complexity index is 1420. The molecule has 0 atom stereocenters. The second-order valence-corrected chi connectivity index (χ2v) is 8.45. The van der Waals surface area contributed by atoms with Crippen LogP contribution in [0.15, 0.2) is 41.7 Å². The zero-order valence-corrected chi connectivity index (χ0v) is 21.4. The topological polar surface area (TPSA) is 112 Å². The lowest BCUT2D eigenvalue weighted by Crippen LogP contribution is -2.22. The van der Waals surface area contributed by atoms with E-state index in [2.05, 4.69) is 15.1 Å². The van der Waals surface area contributed by atoms with Gasteiger partial charge in [0.25, 0.3) is 5.56 Å². The van der Waals surface area contributed by atoms with Gasteiger partial charge in [-0.3, -0.25) is 9.59 Å². The van der Waals surface area contributed by atoms with Crippen molar-refractivity contribution in [1.29, 1.82) is 0 Å². The molecule has 0 fully saturated rings. The quantitative estimate of drug-likeness (QED) is 0.187. The van der Waals surface area contributed by atoms with Crippen molar-refractivity contribution in [1.82, 2.24) is 25.1 Å². The molecule has 16 heteroatoms. The number of aromatic amines is 1. The van der Waals surface area contributed by atoms with Crippen molar-refractivity contribution < 1.29 is 45.0 Å². The number of rotatable bonds is 8. The third-order valence-electron chi connectivity index (χ3n) is 5.31. The summed E-state index contributed by atoms with van der Waals surface area (Å²) < 4.78 is 103. The Hall–Kier alpha value is -4.37. The van der Waals surface area contributed by atoms with Gasteiger partial charge in [0.05, 0.1) is 17.3 Å². The number of H-pyrrole nitrogens is 1. The summed E-state index contributed by atoms with van der Waals surface area (Å²) >= 11 is 0. The molecule has 8 nitrogen and oxygen atoms in total. The average Bonchev–Trinajstić information content (AvgIpc) is 2.87. The first kappa shape index (κ1) is 32.8. The number of aromatic hydroxyl groups is 1. The highest BCUT2D eigenvalue weighted by atomic mass is 19.4. The minimum absolute atomic E-state index is 0.192. The number of nitrogens with zero attached hydrogens (tertiary/aromatic N) is 4. The molecule has 0 aliphatic carbocycles. The van der Waals surface area contributed by atoms with E-state index in [-0.39, 0.29) is 22.5 Å². The minimum Gasteiger partial charge on any atom is -0.505 e. The largest absolute Gasteiger partial charge is 0.505 e. The smallest absolute Gasteiger partial charge is 0.425 e. The number of alkyl halides is 6. The normalized spacial score (nSPS) is 12.0. The van der Waals surface area contributed by atoms with Gasteiger partial charge in [0.15, 0.2) is 23.4 Å². The molecule has 0 saturated carbocycles. The molecule has 0 saturated heterocycles. The molecule has 2 N–H and O–H groups in total. The fourth-order valence-corrected chi connectivity index (χ4v) is 3.28. The molecule has 0 aliphatic heterocycles. The van der Waals surface area contributed by atoms with E-state index in [4.69, 9.17) is 5.11 Å². The highest BCUT2D eigenvalue weighted by Gasteiger charge is 2.37. The number of nitrogens with one attached hydrogen (secondary N) is 1. The first-order chi connectivity index (χ1) is 19.1. The second-order valence-electron chi connectivity index (χ2n) is 8.45. The van der Waals surface area contributed by atoms with Crippen LogP contribution >= 0.6 is 0 Å². The molecule has 3 aromatic rings. The fraction of sp³-hybridized carbons (Fsp3) is 0.320. The number of carbonyl (C=O) groups is 1. The summed E-state index contributed by atoms with van der Waals surface area (Å²) in [6.45, 7) is 2.63. The number of hydrogen-bond acceptors (Lipinski definition) is 7. The van der Waals surface area contributed by atoms with Crippen molar-refractivity contribution in [3.8, 4) is 17.1 Å². The maximum absolute atomic E-state index is 14.7. The van der Waals surface area contributed by atoms with Crippen molar-refractivity contribution in [3.05, 3.63) is 75.3 Å². The lowest BCUT2D eigenvalue weighted by molar-refractivity contribution is -0.140. The second kappa shape index (κ2) is 13.8. The maximum atomic E-state index is 14.7. The summed E-state index contributed by atoms with van der Waals surface area (Å²) in [4.78, 5) is 30.4. The molecule has 0 amide bonds. The molecular formula is C25H23F8N5O3. The molecular weight excluding hydrogens is 570 g/mol. The molecule has 2 aromatic heterocycles. The number of aromatic nitrogens is 4. The predicted octanol–water partition coefficient (Wildman–Crippen LogP) is 6.00. The van der Waals surface area contributed by atoms with Gasteiger partial charge in [-0.15, -0.1) is 0 Å². The standard InChI is InChI=1S/C20H20F5N3O.C5H3F3N2O2/c1-3-4-5-6-28(2)11-18(22)15-8-16(17(21)7-13(15)12-29)19-26-9-14(10-27-19)20(23,24)25;6-5(7,8)3-2(11)1-9-10-4(3)12/h7-12H,3-6H2,1-2H3;1H,(H2,10,11,12)/b18-11+;. The van der Waals surface area contributed by atoms with E-state index < -0.39 is 46.4 Å². The van der Waals surface area contributed by atoms with Crippen LogP contribution in [-0.4, -0.2) is 50.1 Å². The van der Waals surface area contributed by atoms with E-state index in [1.165, 1.54) is 6.20 Å². The maximum Gasteiger partial charge on any atom is 0.425 e. The van der Waals surface area contributed by atoms with Gasteiger partial charge in [-0.2, -0.15) is 31.4 Å². The summed E-state index contributed by atoms with van der Waals surface area (Å²) in [6.07, 6.45) is -3.62. The van der Waals surface area contributed by atoms with Crippen molar-refractivity contribution in [3.63, 3.8) is 0 Å². The van der Waals surface area contributed by atoms with Crippen molar-refractivity contribution >= 4 is 12.1 Å². The van der Waals surface area contributed by atoms with Crippen LogP contribution in [0.25, 0.3) is 17.2 Å². The third-order valence-corrected chi connectivity index (χ3v) is 5.31. The highest BCUT2D eigenvalue weighted by molar-refractivity contribution is 5.86. The average molecular weight is 593 g/mol. The summed E-state index contributed by atoms with van der Waals surface area (Å²) in [5.41, 5.74) is -4.90. The SMILES string of the molecule is CCCCCN(C)/C=C(/F)c1cc(-c2ncc(C(F)(F)F)cn2)c(F)cc1C=O.O=c1[nH]ncc(O)c1C(F)(F)F. The zero-order valence-electron chi connectivity index (χ0n) is 21.4. The molecule has 0 radical (unpaired) electrons. The van der Waals surface area contributed by atoms with E-state index in [9.17, 15) is 44.7 Å². The minimum atomic E-state index is -4.86. The lowest BCUT2D eigenvalue weighted by atomic mass is 10.0. The van der Waals surface area contributed by atoms with E-state index in [1.54, 1.807) is 17.0 Å². The zero-order chi connectivity index (χ0) is 31.0. The van der Waals surface area contributed by atoms with Gasteiger partial charge in [0.1, 0.15) is 11.6 Å². The molecule has 0 unspecified atom stereocenters. The van der Waals surface area contributed by atoms with E-state index in [0.717, 1.165) is 31.4 Å². The Morgan fingerprint density at radius 3 is 2.17 bits per heavy atom. The number of aldehydes is 1. The van der Waals surface area contributed by atoms with Crippen molar-refractivity contribution in [2.45, 2.75) is 38.5 Å². The van der Waals surface area contributed by atoms with Gasteiger partial charge >= 0.3 is 12.4 Å². The van der Waals surface area contributed by atoms with Gasteiger partial charge in [-0.25, -0.2) is 23.8 Å². The van der Waals surface area contributed by atoms with Crippen LogP contribution in [0.5, 0.6) is 5.75 Å². The van der Waals surface area contributed by atoms with Gasteiger partial charge < -0.3 is 10.0 Å². The van der Waals surface area contributed by atoms with Crippen LogP contribution in [0, 0.1) is 5.82 Å².